The maximum absolute atomic E-state index is 12.1. The van der Waals surface area contributed by atoms with Crippen LogP contribution in [0.5, 0.6) is 5.75 Å². The van der Waals surface area contributed by atoms with Crippen LogP contribution in [-0.4, -0.2) is 19.2 Å². The van der Waals surface area contributed by atoms with Crippen LogP contribution in [-0.2, 0) is 0 Å². The molecule has 0 bridgehead atoms. The summed E-state index contributed by atoms with van der Waals surface area (Å²) in [7, 11) is 0. The highest BCUT2D eigenvalue weighted by Crippen LogP contribution is 2.27. The highest BCUT2D eigenvalue weighted by molar-refractivity contribution is 9.10. The predicted octanol–water partition coefficient (Wildman–Crippen LogP) is 5.85. The Labute approximate surface area is 165 Å². The van der Waals surface area contributed by atoms with Gasteiger partial charge in [0.05, 0.1) is 17.3 Å². The Balaban J connectivity index is 1.44. The lowest BCUT2D eigenvalue weighted by Gasteiger charge is -2.11. The molecular weight excluding hydrogens is 416 g/mol. The molecule has 0 aromatic heterocycles. The number of fused-ring (bicyclic) bond motifs is 1. The quantitative estimate of drug-likeness (QED) is 0.479. The topological polar surface area (TPSA) is 50.4 Å². The zero-order valence-corrected chi connectivity index (χ0v) is 16.3. The van der Waals surface area contributed by atoms with Gasteiger partial charge < -0.3 is 15.4 Å². The van der Waals surface area contributed by atoms with E-state index in [1.807, 2.05) is 54.6 Å². The maximum atomic E-state index is 12.1. The summed E-state index contributed by atoms with van der Waals surface area (Å²) in [4.78, 5) is 12.1. The Bertz CT molecular complexity index is 912. The van der Waals surface area contributed by atoms with Gasteiger partial charge in [0, 0.05) is 16.4 Å². The van der Waals surface area contributed by atoms with Crippen molar-refractivity contribution in [3.63, 3.8) is 0 Å². The fourth-order valence-electron chi connectivity index (χ4n) is 2.55. The molecule has 134 valence electrons. The van der Waals surface area contributed by atoms with Crippen LogP contribution in [0.2, 0.25) is 5.02 Å². The Kier molecular flexibility index (Phi) is 6.36. The lowest BCUT2D eigenvalue weighted by Crippen LogP contribution is -2.30. The molecule has 0 atom stereocenters. The van der Waals surface area contributed by atoms with Gasteiger partial charge in [0.25, 0.3) is 0 Å². The number of hydrogen-bond donors (Lipinski definition) is 2. The number of urea groups is 1. The van der Waals surface area contributed by atoms with Gasteiger partial charge in [-0.2, -0.15) is 0 Å². The lowest BCUT2D eigenvalue weighted by atomic mass is 10.1. The Morgan fingerprint density at radius 3 is 2.73 bits per heavy atom. The molecule has 2 N–H and O–H groups in total. The lowest BCUT2D eigenvalue weighted by molar-refractivity contribution is 0.250. The summed E-state index contributed by atoms with van der Waals surface area (Å²) in [5, 5.41) is 8.38. The standard InChI is InChI=1S/C20H18BrClN2O2/c21-15-9-10-19(17(22)13-15)26-12-4-11-23-20(25)24-18-8-3-6-14-5-1-2-7-16(14)18/h1-3,5-10,13H,4,11-12H2,(H2,23,24,25). The van der Waals surface area contributed by atoms with E-state index >= 15 is 0 Å². The summed E-state index contributed by atoms with van der Waals surface area (Å²) in [6.07, 6.45) is 0.676. The molecule has 0 heterocycles. The molecule has 0 aliphatic carbocycles. The molecule has 4 nitrogen and oxygen atoms in total. The van der Waals surface area contributed by atoms with Crippen LogP contribution >= 0.6 is 27.5 Å². The van der Waals surface area contributed by atoms with Gasteiger partial charge in [-0.15, -0.1) is 0 Å². The van der Waals surface area contributed by atoms with Crippen molar-refractivity contribution >= 4 is 50.0 Å². The van der Waals surface area contributed by atoms with Crippen LogP contribution in [0.15, 0.2) is 65.1 Å². The second-order valence-electron chi connectivity index (χ2n) is 5.68. The number of halogens is 2. The first kappa shape index (κ1) is 18.5. The average molecular weight is 434 g/mol. The maximum Gasteiger partial charge on any atom is 0.319 e. The average Bonchev–Trinajstić information content (AvgIpc) is 2.63. The van der Waals surface area contributed by atoms with Crippen molar-refractivity contribution in [2.75, 3.05) is 18.5 Å². The predicted molar refractivity (Wildman–Crippen MR) is 110 cm³/mol. The van der Waals surface area contributed by atoms with E-state index in [1.54, 1.807) is 6.07 Å². The summed E-state index contributed by atoms with van der Waals surface area (Å²) in [5.74, 6) is 0.634. The van der Waals surface area contributed by atoms with Crippen LogP contribution in [0.4, 0.5) is 10.5 Å². The number of carbonyl (C=O) groups is 1. The van der Waals surface area contributed by atoms with E-state index in [1.165, 1.54) is 0 Å². The molecule has 0 aliphatic heterocycles. The smallest absolute Gasteiger partial charge is 0.319 e. The van der Waals surface area contributed by atoms with Gasteiger partial charge in [-0.3, -0.25) is 0 Å². The molecule has 2 amide bonds. The van der Waals surface area contributed by atoms with Crippen LogP contribution in [0.1, 0.15) is 6.42 Å². The number of ether oxygens (including phenoxy) is 1. The summed E-state index contributed by atoms with van der Waals surface area (Å²) < 4.78 is 6.53. The van der Waals surface area contributed by atoms with Crippen molar-refractivity contribution in [2.24, 2.45) is 0 Å². The fraction of sp³-hybridized carbons (Fsp3) is 0.150. The molecule has 0 aliphatic rings. The number of nitrogens with one attached hydrogen (secondary N) is 2. The van der Waals surface area contributed by atoms with Gasteiger partial charge in [0.15, 0.2) is 0 Å². The number of benzene rings is 3. The third-order valence-corrected chi connectivity index (χ3v) is 4.58. The van der Waals surface area contributed by atoms with Crippen molar-refractivity contribution in [1.29, 1.82) is 0 Å². The molecule has 0 spiro atoms. The van der Waals surface area contributed by atoms with Crippen molar-refractivity contribution in [2.45, 2.75) is 6.42 Å². The number of carbonyl (C=O) groups excluding carboxylic acids is 1. The minimum absolute atomic E-state index is 0.233. The molecule has 0 fully saturated rings. The van der Waals surface area contributed by atoms with Crippen molar-refractivity contribution < 1.29 is 9.53 Å². The van der Waals surface area contributed by atoms with Crippen LogP contribution < -0.4 is 15.4 Å². The van der Waals surface area contributed by atoms with E-state index in [-0.39, 0.29) is 6.03 Å². The molecule has 0 radical (unpaired) electrons. The first-order chi connectivity index (χ1) is 12.6. The van der Waals surface area contributed by atoms with E-state index in [0.717, 1.165) is 20.9 Å². The van der Waals surface area contributed by atoms with Gasteiger partial charge in [0.1, 0.15) is 5.75 Å². The SMILES string of the molecule is O=C(NCCCOc1ccc(Br)cc1Cl)Nc1cccc2ccccc12. The molecule has 3 aromatic rings. The van der Waals surface area contributed by atoms with E-state index in [4.69, 9.17) is 16.3 Å². The monoisotopic (exact) mass is 432 g/mol. The van der Waals surface area contributed by atoms with Gasteiger partial charge >= 0.3 is 6.03 Å². The zero-order chi connectivity index (χ0) is 18.4. The van der Waals surface area contributed by atoms with E-state index in [0.29, 0.717) is 30.3 Å². The Morgan fingerprint density at radius 2 is 1.88 bits per heavy atom. The molecular formula is C20H18BrClN2O2. The highest BCUT2D eigenvalue weighted by atomic mass is 79.9. The van der Waals surface area contributed by atoms with Gasteiger partial charge in [-0.1, -0.05) is 63.9 Å². The third kappa shape index (κ3) is 4.90. The van der Waals surface area contributed by atoms with Crippen LogP contribution in [0.3, 0.4) is 0 Å². The summed E-state index contributed by atoms with van der Waals surface area (Å²) >= 11 is 9.45. The second-order valence-corrected chi connectivity index (χ2v) is 7.01. The van der Waals surface area contributed by atoms with Crippen LogP contribution in [0.25, 0.3) is 10.8 Å². The van der Waals surface area contributed by atoms with Crippen LogP contribution in [0, 0.1) is 0 Å². The molecule has 0 saturated carbocycles. The van der Waals surface area contributed by atoms with Crippen molar-refractivity contribution in [3.05, 3.63) is 70.2 Å². The molecule has 6 heteroatoms. The second kappa shape index (κ2) is 8.92. The largest absolute Gasteiger partial charge is 0.492 e. The summed E-state index contributed by atoms with van der Waals surface area (Å²) in [6.45, 7) is 0.973. The number of hydrogen-bond acceptors (Lipinski definition) is 2. The molecule has 0 unspecified atom stereocenters. The van der Waals surface area contributed by atoms with E-state index < -0.39 is 0 Å². The highest BCUT2D eigenvalue weighted by Gasteiger charge is 2.05. The third-order valence-electron chi connectivity index (χ3n) is 3.80. The molecule has 3 rings (SSSR count). The van der Waals surface area contributed by atoms with Crippen molar-refractivity contribution in [3.8, 4) is 5.75 Å². The normalized spacial score (nSPS) is 10.5. The first-order valence-electron chi connectivity index (χ1n) is 8.24. The summed E-state index contributed by atoms with van der Waals surface area (Å²) in [5.41, 5.74) is 0.790. The molecule has 3 aromatic carbocycles. The zero-order valence-electron chi connectivity index (χ0n) is 14.0. The summed E-state index contributed by atoms with van der Waals surface area (Å²) in [6, 6.07) is 19.0. The number of anilines is 1. The molecule has 26 heavy (non-hydrogen) atoms. The first-order valence-corrected chi connectivity index (χ1v) is 9.41. The Morgan fingerprint density at radius 1 is 1.08 bits per heavy atom. The van der Waals surface area contributed by atoms with Gasteiger partial charge in [0.2, 0.25) is 0 Å². The van der Waals surface area contributed by atoms with E-state index in [9.17, 15) is 4.79 Å². The van der Waals surface area contributed by atoms with Gasteiger partial charge in [-0.25, -0.2) is 4.79 Å². The molecule has 0 saturated heterocycles. The number of rotatable bonds is 6. The minimum atomic E-state index is -0.233. The number of amides is 2. The van der Waals surface area contributed by atoms with Gasteiger partial charge in [-0.05, 0) is 36.1 Å². The van der Waals surface area contributed by atoms with Crippen molar-refractivity contribution in [1.82, 2.24) is 5.32 Å². The van der Waals surface area contributed by atoms with E-state index in [2.05, 4.69) is 26.6 Å². The minimum Gasteiger partial charge on any atom is -0.492 e. The Hall–Kier alpha value is -2.24. The fourth-order valence-corrected chi connectivity index (χ4v) is 3.28.